The molecular formula is C22H27FN2O2. The Morgan fingerprint density at radius 3 is 2.78 bits per heavy atom. The fourth-order valence-corrected chi connectivity index (χ4v) is 4.05. The molecule has 4 nitrogen and oxygen atoms in total. The summed E-state index contributed by atoms with van der Waals surface area (Å²) in [6, 6.07) is 12.3. The van der Waals surface area contributed by atoms with Gasteiger partial charge in [-0.3, -0.25) is 4.79 Å². The summed E-state index contributed by atoms with van der Waals surface area (Å²) in [7, 11) is 1.65. The average Bonchev–Trinajstić information content (AvgIpc) is 2.61. The largest absolute Gasteiger partial charge is 0.497 e. The summed E-state index contributed by atoms with van der Waals surface area (Å²) < 4.78 is 18.6. The number of benzene rings is 2. The first-order valence-corrected chi connectivity index (χ1v) is 9.28. The molecule has 0 saturated carbocycles. The number of carbonyl (C=O) groups excluding carboxylic acids is 1. The van der Waals surface area contributed by atoms with Gasteiger partial charge in [-0.25, -0.2) is 4.39 Å². The normalized spacial score (nSPS) is 18.1. The first-order valence-electron chi connectivity index (χ1n) is 9.28. The van der Waals surface area contributed by atoms with Crippen LogP contribution in [0.2, 0.25) is 0 Å². The van der Waals surface area contributed by atoms with Crippen molar-refractivity contribution in [1.29, 1.82) is 0 Å². The molecule has 0 aliphatic carbocycles. The van der Waals surface area contributed by atoms with Crippen LogP contribution in [0.4, 0.5) is 10.1 Å². The van der Waals surface area contributed by atoms with E-state index < -0.39 is 0 Å². The first-order chi connectivity index (χ1) is 12.8. The maximum absolute atomic E-state index is 13.3. The van der Waals surface area contributed by atoms with Crippen molar-refractivity contribution in [2.45, 2.75) is 45.2 Å². The van der Waals surface area contributed by atoms with Crippen LogP contribution in [0.5, 0.6) is 5.75 Å². The molecule has 1 aliphatic rings. The zero-order chi connectivity index (χ0) is 19.6. The Kier molecular flexibility index (Phi) is 5.51. The molecule has 0 radical (unpaired) electrons. The SMILES string of the molecule is COc1ccc2c(c1)[C@@H](C)CC(C)(C)N2C(=O)CNCc1cccc(F)c1. The van der Waals surface area contributed by atoms with Gasteiger partial charge in [-0.2, -0.15) is 0 Å². The third kappa shape index (κ3) is 4.14. The molecule has 0 bridgehead atoms. The van der Waals surface area contributed by atoms with Crippen LogP contribution in [0.3, 0.4) is 0 Å². The quantitative estimate of drug-likeness (QED) is 0.856. The molecular weight excluding hydrogens is 343 g/mol. The highest BCUT2D eigenvalue weighted by atomic mass is 19.1. The second-order valence-corrected chi connectivity index (χ2v) is 7.80. The highest BCUT2D eigenvalue weighted by Crippen LogP contribution is 2.44. The molecule has 1 atom stereocenters. The molecule has 1 heterocycles. The van der Waals surface area contributed by atoms with Crippen molar-refractivity contribution in [3.05, 3.63) is 59.4 Å². The number of nitrogens with zero attached hydrogens (tertiary/aromatic N) is 1. The molecule has 0 aromatic heterocycles. The fourth-order valence-electron chi connectivity index (χ4n) is 4.05. The van der Waals surface area contributed by atoms with E-state index in [1.54, 1.807) is 13.2 Å². The van der Waals surface area contributed by atoms with Gasteiger partial charge in [0.25, 0.3) is 0 Å². The van der Waals surface area contributed by atoms with Crippen molar-refractivity contribution in [2.24, 2.45) is 0 Å². The van der Waals surface area contributed by atoms with Gasteiger partial charge in [0.2, 0.25) is 5.91 Å². The number of hydrogen-bond donors (Lipinski definition) is 1. The highest BCUT2D eigenvalue weighted by molar-refractivity contribution is 5.97. The molecule has 3 rings (SSSR count). The summed E-state index contributed by atoms with van der Waals surface area (Å²) in [5.74, 6) is 0.885. The van der Waals surface area contributed by atoms with Gasteiger partial charge in [0.15, 0.2) is 0 Å². The number of amides is 1. The van der Waals surface area contributed by atoms with Gasteiger partial charge in [-0.05, 0) is 67.6 Å². The van der Waals surface area contributed by atoms with Gasteiger partial charge in [0, 0.05) is 17.8 Å². The number of fused-ring (bicyclic) bond motifs is 1. The predicted molar refractivity (Wildman–Crippen MR) is 106 cm³/mol. The van der Waals surface area contributed by atoms with Crippen LogP contribution >= 0.6 is 0 Å². The smallest absolute Gasteiger partial charge is 0.241 e. The van der Waals surface area contributed by atoms with Crippen LogP contribution in [-0.2, 0) is 11.3 Å². The lowest BCUT2D eigenvalue weighted by molar-refractivity contribution is -0.119. The second-order valence-electron chi connectivity index (χ2n) is 7.80. The molecule has 0 unspecified atom stereocenters. The Labute approximate surface area is 160 Å². The minimum absolute atomic E-state index is 0.00900. The summed E-state index contributed by atoms with van der Waals surface area (Å²) in [5, 5.41) is 3.15. The third-order valence-electron chi connectivity index (χ3n) is 5.16. The van der Waals surface area contributed by atoms with E-state index in [4.69, 9.17) is 4.74 Å². The summed E-state index contributed by atoms with van der Waals surface area (Å²) >= 11 is 0. The molecule has 1 N–H and O–H groups in total. The fraction of sp³-hybridized carbons (Fsp3) is 0.409. The Balaban J connectivity index is 1.77. The van der Waals surface area contributed by atoms with E-state index in [1.165, 1.54) is 12.1 Å². The average molecular weight is 370 g/mol. The lowest BCUT2D eigenvalue weighted by atomic mass is 9.80. The lowest BCUT2D eigenvalue weighted by Gasteiger charge is -2.46. The van der Waals surface area contributed by atoms with Crippen LogP contribution in [-0.4, -0.2) is 25.1 Å². The Hall–Kier alpha value is -2.40. The topological polar surface area (TPSA) is 41.6 Å². The zero-order valence-electron chi connectivity index (χ0n) is 16.4. The third-order valence-corrected chi connectivity index (χ3v) is 5.16. The van der Waals surface area contributed by atoms with Crippen molar-refractivity contribution in [1.82, 2.24) is 5.32 Å². The molecule has 1 aliphatic heterocycles. The van der Waals surface area contributed by atoms with Crippen LogP contribution in [0.25, 0.3) is 0 Å². The van der Waals surface area contributed by atoms with E-state index >= 15 is 0 Å². The summed E-state index contributed by atoms with van der Waals surface area (Å²) in [6.07, 6.45) is 0.878. The molecule has 27 heavy (non-hydrogen) atoms. The Bertz CT molecular complexity index is 835. The van der Waals surface area contributed by atoms with Crippen molar-refractivity contribution in [3.63, 3.8) is 0 Å². The van der Waals surface area contributed by atoms with E-state index in [2.05, 4.69) is 26.1 Å². The van der Waals surface area contributed by atoms with Gasteiger partial charge in [0.1, 0.15) is 11.6 Å². The standard InChI is InChI=1S/C22H27FN2O2/c1-15-12-22(2,3)25(20-9-8-18(27-4)11-19(15)20)21(26)14-24-13-16-6-5-7-17(23)10-16/h5-11,15,24H,12-14H2,1-4H3/t15-/m0/s1. The number of hydrogen-bond acceptors (Lipinski definition) is 3. The molecule has 144 valence electrons. The molecule has 1 amide bonds. The molecule has 2 aromatic rings. The first kappa shape index (κ1) is 19.4. The van der Waals surface area contributed by atoms with E-state index in [1.807, 2.05) is 29.2 Å². The number of carbonyl (C=O) groups is 1. The maximum Gasteiger partial charge on any atom is 0.241 e. The van der Waals surface area contributed by atoms with E-state index in [-0.39, 0.29) is 23.8 Å². The van der Waals surface area contributed by atoms with Gasteiger partial charge in [-0.15, -0.1) is 0 Å². The van der Waals surface area contributed by atoms with Gasteiger partial charge >= 0.3 is 0 Å². The van der Waals surface area contributed by atoms with Gasteiger partial charge in [0.05, 0.1) is 13.7 Å². The predicted octanol–water partition coefficient (Wildman–Crippen LogP) is 4.24. The number of halogens is 1. The van der Waals surface area contributed by atoms with Gasteiger partial charge in [-0.1, -0.05) is 19.1 Å². The minimum Gasteiger partial charge on any atom is -0.497 e. The number of nitrogens with one attached hydrogen (secondary N) is 1. The Morgan fingerprint density at radius 1 is 1.30 bits per heavy atom. The van der Waals surface area contributed by atoms with E-state index in [9.17, 15) is 9.18 Å². The van der Waals surface area contributed by atoms with Crippen molar-refractivity contribution in [3.8, 4) is 5.75 Å². The van der Waals surface area contributed by atoms with Crippen molar-refractivity contribution < 1.29 is 13.9 Å². The molecule has 2 aromatic carbocycles. The zero-order valence-corrected chi connectivity index (χ0v) is 16.4. The maximum atomic E-state index is 13.3. The van der Waals surface area contributed by atoms with Crippen molar-refractivity contribution in [2.75, 3.05) is 18.6 Å². The molecule has 0 spiro atoms. The number of rotatable bonds is 5. The van der Waals surface area contributed by atoms with Crippen LogP contribution in [0.15, 0.2) is 42.5 Å². The molecule has 5 heteroatoms. The number of anilines is 1. The van der Waals surface area contributed by atoms with Gasteiger partial charge < -0.3 is 15.0 Å². The number of methoxy groups -OCH3 is 1. The number of ether oxygens (including phenoxy) is 1. The summed E-state index contributed by atoms with van der Waals surface area (Å²) in [5.41, 5.74) is 2.61. The lowest BCUT2D eigenvalue weighted by Crippen LogP contribution is -2.54. The Morgan fingerprint density at radius 2 is 2.07 bits per heavy atom. The van der Waals surface area contributed by atoms with Crippen LogP contribution in [0, 0.1) is 5.82 Å². The van der Waals surface area contributed by atoms with Crippen molar-refractivity contribution >= 4 is 11.6 Å². The van der Waals surface area contributed by atoms with Crippen LogP contribution < -0.4 is 15.0 Å². The molecule has 0 saturated heterocycles. The monoisotopic (exact) mass is 370 g/mol. The minimum atomic E-state index is -0.279. The molecule has 0 fully saturated rings. The summed E-state index contributed by atoms with van der Waals surface area (Å²) in [4.78, 5) is 14.9. The van der Waals surface area contributed by atoms with E-state index in [0.717, 1.165) is 29.0 Å². The highest BCUT2D eigenvalue weighted by Gasteiger charge is 2.39. The van der Waals surface area contributed by atoms with Crippen LogP contribution in [0.1, 0.15) is 44.2 Å². The second kappa shape index (κ2) is 7.69. The summed E-state index contributed by atoms with van der Waals surface area (Å²) in [6.45, 7) is 7.02. The van der Waals surface area contributed by atoms with E-state index in [0.29, 0.717) is 12.5 Å².